The summed E-state index contributed by atoms with van der Waals surface area (Å²) in [6, 6.07) is 0. The zero-order valence-electron chi connectivity index (χ0n) is 8.66. The molecule has 1 fully saturated rings. The van der Waals surface area contributed by atoms with Gasteiger partial charge >= 0.3 is 0 Å². The fourth-order valence-corrected chi connectivity index (χ4v) is 3.47. The van der Waals surface area contributed by atoms with Gasteiger partial charge < -0.3 is 5.73 Å². The van der Waals surface area contributed by atoms with Gasteiger partial charge in [0.1, 0.15) is 0 Å². The van der Waals surface area contributed by atoms with Crippen molar-refractivity contribution in [2.24, 2.45) is 11.7 Å². The molecule has 0 aliphatic heterocycles. The average molecular weight is 203 g/mol. The second-order valence-electron chi connectivity index (χ2n) is 4.26. The van der Waals surface area contributed by atoms with Gasteiger partial charge in [0.25, 0.3) is 0 Å². The molecule has 0 heterocycles. The highest BCUT2D eigenvalue weighted by Gasteiger charge is 2.25. The van der Waals surface area contributed by atoms with Crippen molar-refractivity contribution in [3.05, 3.63) is 0 Å². The summed E-state index contributed by atoms with van der Waals surface area (Å²) in [6.45, 7) is 4.83. The van der Waals surface area contributed by atoms with Gasteiger partial charge in [0, 0.05) is 27.8 Å². The Morgan fingerprint density at radius 3 is 2.38 bits per heavy atom. The molecule has 1 rings (SSSR count). The van der Waals surface area contributed by atoms with E-state index < -0.39 is 10.8 Å². The highest BCUT2D eigenvalue weighted by atomic mass is 32.2. The van der Waals surface area contributed by atoms with Gasteiger partial charge in [-0.1, -0.05) is 6.92 Å². The van der Waals surface area contributed by atoms with Crippen molar-refractivity contribution in [2.45, 2.75) is 50.0 Å². The molecule has 2 N–H and O–H groups in total. The molecule has 1 saturated carbocycles. The van der Waals surface area contributed by atoms with E-state index in [1.807, 2.05) is 6.92 Å². The summed E-state index contributed by atoms with van der Waals surface area (Å²) in [5, 5.41) is 0.605. The molecule has 2 unspecified atom stereocenters. The lowest BCUT2D eigenvalue weighted by Gasteiger charge is -2.27. The van der Waals surface area contributed by atoms with E-state index in [0.717, 1.165) is 18.8 Å². The van der Waals surface area contributed by atoms with Crippen LogP contribution in [0.3, 0.4) is 0 Å². The molecule has 1 aliphatic rings. The molecule has 0 amide bonds. The molecular weight excluding hydrogens is 182 g/mol. The van der Waals surface area contributed by atoms with Crippen molar-refractivity contribution in [3.8, 4) is 0 Å². The maximum Gasteiger partial charge on any atom is 0.0445 e. The first-order valence-electron chi connectivity index (χ1n) is 5.24. The molecule has 0 aromatic heterocycles. The van der Waals surface area contributed by atoms with Gasteiger partial charge in [-0.15, -0.1) is 0 Å². The van der Waals surface area contributed by atoms with Gasteiger partial charge in [-0.05, 0) is 38.5 Å². The fourth-order valence-electron chi connectivity index (χ4n) is 1.89. The second kappa shape index (κ2) is 5.11. The first kappa shape index (κ1) is 11.2. The first-order valence-corrected chi connectivity index (χ1v) is 6.52. The molecule has 0 spiro atoms. The Kier molecular flexibility index (Phi) is 4.39. The summed E-state index contributed by atoms with van der Waals surface area (Å²) in [5.41, 5.74) is 5.51. The van der Waals surface area contributed by atoms with Crippen LogP contribution in [0.1, 0.15) is 39.5 Å². The summed E-state index contributed by atoms with van der Waals surface area (Å²) in [5.74, 6) is 0.835. The molecule has 2 atom stereocenters. The molecule has 3 heteroatoms. The summed E-state index contributed by atoms with van der Waals surface area (Å²) < 4.78 is 11.9. The summed E-state index contributed by atoms with van der Waals surface area (Å²) >= 11 is 0. The molecule has 0 bridgehead atoms. The van der Waals surface area contributed by atoms with Crippen LogP contribution in [0.2, 0.25) is 0 Å². The third kappa shape index (κ3) is 3.06. The van der Waals surface area contributed by atoms with Crippen LogP contribution in [-0.4, -0.2) is 21.3 Å². The van der Waals surface area contributed by atoms with Gasteiger partial charge in [0.05, 0.1) is 0 Å². The van der Waals surface area contributed by atoms with Crippen LogP contribution in [0.15, 0.2) is 0 Å². The number of hydrogen-bond acceptors (Lipinski definition) is 2. The summed E-state index contributed by atoms with van der Waals surface area (Å²) in [6.07, 6.45) is 4.76. The monoisotopic (exact) mass is 203 g/mol. The highest BCUT2D eigenvalue weighted by Crippen LogP contribution is 2.27. The molecule has 1 aliphatic carbocycles. The van der Waals surface area contributed by atoms with Crippen LogP contribution >= 0.6 is 0 Å². The molecule has 0 aromatic rings. The Hall–Kier alpha value is 0.110. The Labute approximate surface area is 83.7 Å². The molecule has 78 valence electrons. The van der Waals surface area contributed by atoms with E-state index in [0.29, 0.717) is 11.8 Å². The SMILES string of the molecule is CC1CCC(S(=O)C(C)CN)CC1. The first-order chi connectivity index (χ1) is 6.15. The van der Waals surface area contributed by atoms with Crippen LogP contribution in [-0.2, 0) is 10.8 Å². The lowest BCUT2D eigenvalue weighted by atomic mass is 9.91. The Bertz CT molecular complexity index is 176. The number of nitrogens with two attached hydrogens (primary N) is 1. The Morgan fingerprint density at radius 2 is 1.92 bits per heavy atom. The van der Waals surface area contributed by atoms with E-state index in [1.54, 1.807) is 0 Å². The van der Waals surface area contributed by atoms with Gasteiger partial charge in [-0.2, -0.15) is 0 Å². The van der Waals surface area contributed by atoms with Crippen molar-refractivity contribution in [1.82, 2.24) is 0 Å². The maximum absolute atomic E-state index is 11.9. The van der Waals surface area contributed by atoms with Gasteiger partial charge in [-0.25, -0.2) is 0 Å². The minimum atomic E-state index is -0.691. The predicted molar refractivity (Wildman–Crippen MR) is 58.1 cm³/mol. The molecule has 2 nitrogen and oxygen atoms in total. The van der Waals surface area contributed by atoms with E-state index in [4.69, 9.17) is 5.73 Å². The predicted octanol–water partition coefficient (Wildman–Crippen LogP) is 1.66. The molecule has 0 radical (unpaired) electrons. The smallest absolute Gasteiger partial charge is 0.0445 e. The number of hydrogen-bond donors (Lipinski definition) is 1. The van der Waals surface area contributed by atoms with Crippen molar-refractivity contribution < 1.29 is 4.21 Å². The second-order valence-corrected chi connectivity index (χ2v) is 6.39. The van der Waals surface area contributed by atoms with Crippen LogP contribution in [0.5, 0.6) is 0 Å². The molecule has 0 aromatic carbocycles. The van der Waals surface area contributed by atoms with E-state index >= 15 is 0 Å². The van der Waals surface area contributed by atoms with E-state index in [2.05, 4.69) is 6.92 Å². The van der Waals surface area contributed by atoms with Crippen molar-refractivity contribution >= 4 is 10.8 Å². The van der Waals surface area contributed by atoms with Crippen molar-refractivity contribution in [3.63, 3.8) is 0 Å². The topological polar surface area (TPSA) is 43.1 Å². The highest BCUT2D eigenvalue weighted by molar-refractivity contribution is 7.86. The van der Waals surface area contributed by atoms with E-state index in [-0.39, 0.29) is 5.25 Å². The normalized spacial score (nSPS) is 34.1. The van der Waals surface area contributed by atoms with Crippen LogP contribution in [0.4, 0.5) is 0 Å². The average Bonchev–Trinajstić information content (AvgIpc) is 2.17. The zero-order valence-corrected chi connectivity index (χ0v) is 9.48. The van der Waals surface area contributed by atoms with Crippen molar-refractivity contribution in [2.75, 3.05) is 6.54 Å². The molecule has 0 saturated heterocycles. The summed E-state index contributed by atoms with van der Waals surface area (Å²) in [7, 11) is -0.691. The maximum atomic E-state index is 11.9. The molecule has 13 heavy (non-hydrogen) atoms. The van der Waals surface area contributed by atoms with Gasteiger partial charge in [0.2, 0.25) is 0 Å². The Morgan fingerprint density at radius 1 is 1.38 bits per heavy atom. The minimum absolute atomic E-state index is 0.179. The largest absolute Gasteiger partial charge is 0.329 e. The van der Waals surface area contributed by atoms with Gasteiger partial charge in [0.15, 0.2) is 0 Å². The van der Waals surface area contributed by atoms with E-state index in [9.17, 15) is 4.21 Å². The van der Waals surface area contributed by atoms with Crippen LogP contribution < -0.4 is 5.73 Å². The third-order valence-corrected chi connectivity index (χ3v) is 5.13. The molecular formula is C10H21NOS. The van der Waals surface area contributed by atoms with Gasteiger partial charge in [-0.3, -0.25) is 4.21 Å². The third-order valence-electron chi connectivity index (χ3n) is 3.02. The standard InChI is InChI=1S/C10H21NOS/c1-8-3-5-10(6-4-8)13(12)9(2)7-11/h8-10H,3-7,11H2,1-2H3. The van der Waals surface area contributed by atoms with Crippen molar-refractivity contribution in [1.29, 1.82) is 0 Å². The Balaban J connectivity index is 2.40. The minimum Gasteiger partial charge on any atom is -0.329 e. The van der Waals surface area contributed by atoms with Crippen LogP contribution in [0.25, 0.3) is 0 Å². The number of rotatable bonds is 3. The lowest BCUT2D eigenvalue weighted by molar-refractivity contribution is 0.388. The summed E-state index contributed by atoms with van der Waals surface area (Å²) in [4.78, 5) is 0. The zero-order chi connectivity index (χ0) is 9.84. The quantitative estimate of drug-likeness (QED) is 0.758. The van der Waals surface area contributed by atoms with Crippen LogP contribution in [0, 0.1) is 5.92 Å². The lowest BCUT2D eigenvalue weighted by Crippen LogP contribution is -2.32. The van der Waals surface area contributed by atoms with E-state index in [1.165, 1.54) is 12.8 Å². The fraction of sp³-hybridized carbons (Fsp3) is 1.00.